The Balaban J connectivity index is 1.90. The highest BCUT2D eigenvalue weighted by atomic mass is 16.5. The zero-order valence-corrected chi connectivity index (χ0v) is 15.1. The fourth-order valence-electron chi connectivity index (χ4n) is 3.63. The van der Waals surface area contributed by atoms with Gasteiger partial charge in [-0.2, -0.15) is 0 Å². The molecule has 1 fully saturated rings. The SMILES string of the molecule is CC(C)C[C@@H]1C(=O)N(C)[C@@H](Cc2cn(C)c3ccccc23)C(=O)N1O. The lowest BCUT2D eigenvalue weighted by Gasteiger charge is -2.40. The van der Waals surface area contributed by atoms with Crippen LogP contribution in [0.1, 0.15) is 25.8 Å². The van der Waals surface area contributed by atoms with Crippen LogP contribution in [-0.4, -0.2) is 50.7 Å². The summed E-state index contributed by atoms with van der Waals surface area (Å²) in [6.45, 7) is 3.93. The summed E-state index contributed by atoms with van der Waals surface area (Å²) < 4.78 is 2.01. The largest absolute Gasteiger partial charge is 0.350 e. The zero-order chi connectivity index (χ0) is 18.3. The van der Waals surface area contributed by atoms with Gasteiger partial charge in [0.2, 0.25) is 5.91 Å². The lowest BCUT2D eigenvalue weighted by atomic mass is 9.95. The first-order valence-electron chi connectivity index (χ1n) is 8.62. The molecular weight excluding hydrogens is 318 g/mol. The molecule has 2 heterocycles. The molecule has 0 bridgehead atoms. The van der Waals surface area contributed by atoms with Gasteiger partial charge in [0.25, 0.3) is 5.91 Å². The summed E-state index contributed by atoms with van der Waals surface area (Å²) in [4.78, 5) is 26.8. The first-order valence-corrected chi connectivity index (χ1v) is 8.62. The van der Waals surface area contributed by atoms with Crippen molar-refractivity contribution in [3.05, 3.63) is 36.0 Å². The molecule has 0 unspecified atom stereocenters. The topological polar surface area (TPSA) is 65.8 Å². The van der Waals surface area contributed by atoms with E-state index in [0.717, 1.165) is 16.5 Å². The van der Waals surface area contributed by atoms with Crippen LogP contribution in [0.25, 0.3) is 10.9 Å². The normalized spacial score (nSPS) is 21.7. The van der Waals surface area contributed by atoms with Gasteiger partial charge in [0.15, 0.2) is 0 Å². The van der Waals surface area contributed by atoms with E-state index in [2.05, 4.69) is 0 Å². The van der Waals surface area contributed by atoms with Crippen LogP contribution in [0.5, 0.6) is 0 Å². The Bertz CT molecular complexity index is 811. The predicted octanol–water partition coefficient (Wildman–Crippen LogP) is 2.19. The van der Waals surface area contributed by atoms with Gasteiger partial charge in [0.1, 0.15) is 12.1 Å². The summed E-state index contributed by atoms with van der Waals surface area (Å²) in [6.07, 6.45) is 2.82. The summed E-state index contributed by atoms with van der Waals surface area (Å²) in [6, 6.07) is 6.48. The Labute approximate surface area is 147 Å². The molecule has 2 aromatic rings. The van der Waals surface area contributed by atoms with E-state index < -0.39 is 18.0 Å². The first-order chi connectivity index (χ1) is 11.8. The van der Waals surface area contributed by atoms with Crippen LogP contribution in [0.15, 0.2) is 30.5 Å². The number of nitrogens with zero attached hydrogens (tertiary/aromatic N) is 3. The van der Waals surface area contributed by atoms with Crippen LogP contribution >= 0.6 is 0 Å². The van der Waals surface area contributed by atoms with E-state index in [0.29, 0.717) is 17.9 Å². The number of para-hydroxylation sites is 1. The minimum absolute atomic E-state index is 0.207. The summed E-state index contributed by atoms with van der Waals surface area (Å²) in [5, 5.41) is 12.0. The van der Waals surface area contributed by atoms with Gasteiger partial charge < -0.3 is 9.47 Å². The number of amides is 2. The number of rotatable bonds is 4. The van der Waals surface area contributed by atoms with Crippen molar-refractivity contribution in [3.63, 3.8) is 0 Å². The Kier molecular flexibility index (Phi) is 4.56. The predicted molar refractivity (Wildman–Crippen MR) is 95.1 cm³/mol. The first kappa shape index (κ1) is 17.5. The van der Waals surface area contributed by atoms with E-state index in [1.54, 1.807) is 7.05 Å². The highest BCUT2D eigenvalue weighted by Crippen LogP contribution is 2.26. The Morgan fingerprint density at radius 1 is 1.08 bits per heavy atom. The molecule has 1 N–H and O–H groups in total. The van der Waals surface area contributed by atoms with Gasteiger partial charge in [-0.15, -0.1) is 0 Å². The second-order valence-corrected chi connectivity index (χ2v) is 7.28. The van der Waals surface area contributed by atoms with Gasteiger partial charge >= 0.3 is 0 Å². The molecule has 0 radical (unpaired) electrons. The van der Waals surface area contributed by atoms with Gasteiger partial charge in [-0.3, -0.25) is 14.8 Å². The van der Waals surface area contributed by atoms with Gasteiger partial charge in [0.05, 0.1) is 0 Å². The van der Waals surface area contributed by atoms with Gasteiger partial charge in [0, 0.05) is 37.6 Å². The third-order valence-electron chi connectivity index (χ3n) is 4.99. The molecule has 1 saturated heterocycles. The third kappa shape index (κ3) is 3.02. The molecule has 0 spiro atoms. The zero-order valence-electron chi connectivity index (χ0n) is 15.1. The summed E-state index contributed by atoms with van der Waals surface area (Å²) in [5.41, 5.74) is 2.07. The number of hydroxylamine groups is 2. The number of carbonyl (C=O) groups excluding carboxylic acids is 2. The summed E-state index contributed by atoms with van der Waals surface area (Å²) in [5.74, 6) is -0.416. The Morgan fingerprint density at radius 2 is 1.76 bits per heavy atom. The van der Waals surface area contributed by atoms with Crippen molar-refractivity contribution in [2.24, 2.45) is 13.0 Å². The molecule has 3 rings (SSSR count). The molecule has 1 aliphatic rings. The highest BCUT2D eigenvalue weighted by Gasteiger charge is 2.44. The average Bonchev–Trinajstić information content (AvgIpc) is 2.90. The van der Waals surface area contributed by atoms with Crippen molar-refractivity contribution >= 4 is 22.7 Å². The number of piperazine rings is 1. The number of likely N-dealkylation sites (N-methyl/N-ethyl adjacent to an activating group) is 1. The van der Waals surface area contributed by atoms with Crippen molar-refractivity contribution in [1.29, 1.82) is 0 Å². The maximum Gasteiger partial charge on any atom is 0.269 e. The second-order valence-electron chi connectivity index (χ2n) is 7.28. The minimum atomic E-state index is -0.790. The van der Waals surface area contributed by atoms with Crippen LogP contribution in [0.3, 0.4) is 0 Å². The van der Waals surface area contributed by atoms with E-state index in [4.69, 9.17) is 0 Å². The van der Waals surface area contributed by atoms with Crippen molar-refractivity contribution in [1.82, 2.24) is 14.5 Å². The third-order valence-corrected chi connectivity index (χ3v) is 4.99. The standard InChI is InChI=1S/C19H25N3O3/c1-12(2)9-17-18(23)21(4)16(19(24)22(17)25)10-13-11-20(3)15-8-6-5-7-14(13)15/h5-8,11-12,16-17,25H,9-10H2,1-4H3/t16-,17+/m0/s1. The van der Waals surface area contributed by atoms with E-state index in [1.807, 2.05) is 55.9 Å². The number of hydrogen-bond donors (Lipinski definition) is 1. The van der Waals surface area contributed by atoms with Gasteiger partial charge in [-0.05, 0) is 24.0 Å². The molecule has 0 saturated carbocycles. The molecule has 6 heteroatoms. The number of benzene rings is 1. The van der Waals surface area contributed by atoms with Crippen LogP contribution < -0.4 is 0 Å². The second kappa shape index (κ2) is 6.52. The smallest absolute Gasteiger partial charge is 0.269 e. The van der Waals surface area contributed by atoms with Crippen molar-refractivity contribution < 1.29 is 14.8 Å². The van der Waals surface area contributed by atoms with Crippen molar-refractivity contribution in [2.75, 3.05) is 7.05 Å². The average molecular weight is 343 g/mol. The number of fused-ring (bicyclic) bond motifs is 1. The van der Waals surface area contributed by atoms with Crippen LogP contribution in [-0.2, 0) is 23.1 Å². The Hall–Kier alpha value is -2.34. The number of aryl methyl sites for hydroxylation is 1. The molecule has 1 aliphatic heterocycles. The van der Waals surface area contributed by atoms with E-state index in [-0.39, 0.29) is 11.8 Å². The highest BCUT2D eigenvalue weighted by molar-refractivity contribution is 5.96. The number of carbonyl (C=O) groups is 2. The number of hydrogen-bond acceptors (Lipinski definition) is 3. The molecule has 1 aromatic carbocycles. The van der Waals surface area contributed by atoms with Crippen molar-refractivity contribution in [2.45, 2.75) is 38.8 Å². The van der Waals surface area contributed by atoms with Crippen LogP contribution in [0, 0.1) is 5.92 Å². The monoisotopic (exact) mass is 343 g/mol. The van der Waals surface area contributed by atoms with Crippen molar-refractivity contribution in [3.8, 4) is 0 Å². The fourth-order valence-corrected chi connectivity index (χ4v) is 3.63. The maximum atomic E-state index is 12.7. The summed E-state index contributed by atoms with van der Waals surface area (Å²) >= 11 is 0. The molecular formula is C19H25N3O3. The molecule has 6 nitrogen and oxygen atoms in total. The fraction of sp³-hybridized carbons (Fsp3) is 0.474. The van der Waals surface area contributed by atoms with Gasteiger partial charge in [-0.1, -0.05) is 32.0 Å². The van der Waals surface area contributed by atoms with E-state index in [1.165, 1.54) is 4.90 Å². The molecule has 0 aliphatic carbocycles. The molecule has 1 aromatic heterocycles. The maximum absolute atomic E-state index is 12.7. The number of aromatic nitrogens is 1. The summed E-state index contributed by atoms with van der Waals surface area (Å²) in [7, 11) is 3.61. The lowest BCUT2D eigenvalue weighted by molar-refractivity contribution is -0.200. The minimum Gasteiger partial charge on any atom is -0.350 e. The molecule has 2 amide bonds. The van der Waals surface area contributed by atoms with E-state index in [9.17, 15) is 14.8 Å². The van der Waals surface area contributed by atoms with Crippen LogP contribution in [0.4, 0.5) is 0 Å². The van der Waals surface area contributed by atoms with E-state index >= 15 is 0 Å². The van der Waals surface area contributed by atoms with Crippen LogP contribution in [0.2, 0.25) is 0 Å². The molecule has 2 atom stereocenters. The molecule has 25 heavy (non-hydrogen) atoms. The molecule has 134 valence electrons. The quantitative estimate of drug-likeness (QED) is 0.866. The lowest BCUT2D eigenvalue weighted by Crippen LogP contribution is -2.63. The van der Waals surface area contributed by atoms with Gasteiger partial charge in [-0.25, -0.2) is 5.06 Å². The Morgan fingerprint density at radius 3 is 2.44 bits per heavy atom.